The van der Waals surface area contributed by atoms with Gasteiger partial charge in [0.1, 0.15) is 11.3 Å². The maximum Gasteiger partial charge on any atom is 0.427 e. The molecule has 3 N–H and O–H groups in total. The van der Waals surface area contributed by atoms with Gasteiger partial charge in [0.15, 0.2) is 23.5 Å². The number of hydrogen-bond acceptors (Lipinski definition) is 7. The fourth-order valence-electron chi connectivity index (χ4n) is 5.58. The zero-order chi connectivity index (χ0) is 24.7. The van der Waals surface area contributed by atoms with Crippen molar-refractivity contribution in [3.63, 3.8) is 0 Å². The van der Waals surface area contributed by atoms with Gasteiger partial charge in [0.05, 0.1) is 0 Å². The van der Waals surface area contributed by atoms with Gasteiger partial charge in [-0.05, 0) is 55.8 Å². The lowest BCUT2D eigenvalue weighted by Crippen LogP contribution is -2.32. The van der Waals surface area contributed by atoms with Crippen molar-refractivity contribution in [2.45, 2.75) is 105 Å². The average Bonchev–Trinajstić information content (AvgIpc) is 3.31. The highest BCUT2D eigenvalue weighted by Gasteiger charge is 2.32. The summed E-state index contributed by atoms with van der Waals surface area (Å²) < 4.78 is 2.40. The Morgan fingerprint density at radius 2 is 1.86 bits per heavy atom. The summed E-state index contributed by atoms with van der Waals surface area (Å²) in [5.41, 5.74) is 4.46. The maximum absolute atomic E-state index is 11.7. The van der Waals surface area contributed by atoms with E-state index in [-0.39, 0.29) is 5.41 Å². The number of anilines is 1. The van der Waals surface area contributed by atoms with Crippen LogP contribution < -0.4 is 16.1 Å². The summed E-state index contributed by atoms with van der Waals surface area (Å²) in [5.74, 6) is 4.46. The monoisotopic (exact) mass is 483 g/mol. The van der Waals surface area contributed by atoms with Crippen molar-refractivity contribution in [1.82, 2.24) is 30.3 Å². The van der Waals surface area contributed by atoms with Crippen LogP contribution in [0.3, 0.4) is 0 Å². The van der Waals surface area contributed by atoms with E-state index in [0.29, 0.717) is 29.3 Å². The number of imidazole rings is 1. The molecule has 9 heteroatoms. The number of rotatable bonds is 7. The van der Waals surface area contributed by atoms with Crippen molar-refractivity contribution >= 4 is 23.1 Å². The third-order valence-electron chi connectivity index (χ3n) is 7.98. The predicted octanol–water partition coefficient (Wildman–Crippen LogP) is 5.08. The minimum atomic E-state index is -0.595. The summed E-state index contributed by atoms with van der Waals surface area (Å²) >= 11 is 0. The molecule has 2 saturated carbocycles. The first kappa shape index (κ1) is 24.3. The molecule has 2 aliphatic carbocycles. The normalized spacial score (nSPS) is 26.3. The summed E-state index contributed by atoms with van der Waals surface area (Å²) in [6.07, 6.45) is 8.63. The number of hydroxylamine groups is 1. The maximum atomic E-state index is 11.7. The zero-order valence-electron chi connectivity index (χ0n) is 21.9. The van der Waals surface area contributed by atoms with Gasteiger partial charge in [0.25, 0.3) is 0 Å². The first-order chi connectivity index (χ1) is 16.7. The molecule has 1 amide bonds. The number of fused-ring (bicyclic) bond motifs is 1. The molecule has 3 fully saturated rings. The van der Waals surface area contributed by atoms with E-state index in [1.807, 2.05) is 0 Å². The second-order valence-corrected chi connectivity index (χ2v) is 12.3. The van der Waals surface area contributed by atoms with Crippen molar-refractivity contribution in [3.8, 4) is 0 Å². The second kappa shape index (κ2) is 9.56. The fourth-order valence-corrected chi connectivity index (χ4v) is 5.58. The number of nitrogens with zero attached hydrogens (tertiary/aromatic N) is 4. The van der Waals surface area contributed by atoms with E-state index in [4.69, 9.17) is 19.8 Å². The molecular formula is C26H41N7O2. The van der Waals surface area contributed by atoms with Gasteiger partial charge in [-0.1, -0.05) is 47.0 Å². The molecule has 3 heterocycles. The van der Waals surface area contributed by atoms with Crippen LogP contribution in [0.2, 0.25) is 0 Å². The third-order valence-corrected chi connectivity index (χ3v) is 7.98. The number of carbonyl (C=O) groups excluding carboxylic acids is 1. The molecule has 3 aliphatic rings. The van der Waals surface area contributed by atoms with Crippen molar-refractivity contribution in [3.05, 3.63) is 11.6 Å². The van der Waals surface area contributed by atoms with Crippen molar-refractivity contribution < 1.29 is 9.63 Å². The van der Waals surface area contributed by atoms with Crippen molar-refractivity contribution in [2.75, 3.05) is 5.32 Å². The fraction of sp³-hybridized carbons (Fsp3) is 0.769. The summed E-state index contributed by atoms with van der Waals surface area (Å²) in [6.45, 7) is 12.3. The highest BCUT2D eigenvalue weighted by atomic mass is 16.7. The molecule has 0 spiro atoms. The summed E-state index contributed by atoms with van der Waals surface area (Å²) in [7, 11) is 0. The Hall–Kier alpha value is -2.42. The molecule has 5 rings (SSSR count). The minimum absolute atomic E-state index is 0.0953. The van der Waals surface area contributed by atoms with E-state index in [1.54, 1.807) is 0 Å². The van der Waals surface area contributed by atoms with E-state index in [2.05, 4.69) is 55.3 Å². The van der Waals surface area contributed by atoms with Gasteiger partial charge in [-0.15, -0.1) is 5.48 Å². The molecule has 1 saturated heterocycles. The van der Waals surface area contributed by atoms with Gasteiger partial charge < -0.3 is 14.7 Å². The van der Waals surface area contributed by atoms with Crippen LogP contribution in [0.5, 0.6) is 0 Å². The molecule has 9 nitrogen and oxygen atoms in total. The highest BCUT2D eigenvalue weighted by Crippen LogP contribution is 2.35. The first-order valence-electron chi connectivity index (χ1n) is 13.4. The molecule has 1 aliphatic heterocycles. The van der Waals surface area contributed by atoms with Crippen LogP contribution in [0.4, 0.5) is 10.6 Å². The molecule has 0 radical (unpaired) electrons. The van der Waals surface area contributed by atoms with Crippen LogP contribution in [0.25, 0.3) is 11.2 Å². The van der Waals surface area contributed by atoms with Crippen LogP contribution in [-0.4, -0.2) is 31.7 Å². The molecule has 0 aromatic carbocycles. The molecule has 192 valence electrons. The Kier molecular flexibility index (Phi) is 6.63. The molecular weight excluding hydrogens is 442 g/mol. The molecule has 2 aromatic rings. The number of amides is 1. The van der Waals surface area contributed by atoms with Crippen LogP contribution in [0.1, 0.15) is 97.4 Å². The lowest BCUT2D eigenvalue weighted by atomic mass is 9.80. The number of nitrogens with one attached hydrogen (secondary N) is 3. The van der Waals surface area contributed by atoms with Gasteiger partial charge in [-0.3, -0.25) is 5.32 Å². The van der Waals surface area contributed by atoms with Crippen LogP contribution in [0, 0.1) is 23.2 Å². The first-order valence-corrected chi connectivity index (χ1v) is 13.4. The molecule has 2 aromatic heterocycles. The minimum Gasteiger partial charge on any atom is -0.365 e. The van der Waals surface area contributed by atoms with E-state index < -0.39 is 12.3 Å². The number of aromatic nitrogens is 4. The lowest BCUT2D eigenvalue weighted by molar-refractivity contribution is 0.120. The molecule has 0 bridgehead atoms. The Morgan fingerprint density at radius 3 is 2.46 bits per heavy atom. The average molecular weight is 484 g/mol. The standard InChI is InChI=1S/C26H41N7O2/c1-15-9-11-17(12-10-15)14-33-19(13-26(3,4)5)28-22-20(33)21(27-16(2)18-7-6-8-18)29-23(30-22)24-31-25(34)35-32-24/h15-18,24,32H,6-14H2,1-5H3,(H,31,34)(H,27,29,30)/t15?,16-,17?,24?/m1/s1. The highest BCUT2D eigenvalue weighted by molar-refractivity contribution is 5.84. The third kappa shape index (κ3) is 5.39. The van der Waals surface area contributed by atoms with Gasteiger partial charge in [0, 0.05) is 19.0 Å². The summed E-state index contributed by atoms with van der Waals surface area (Å²) in [6, 6.07) is 0.307. The van der Waals surface area contributed by atoms with E-state index in [9.17, 15) is 4.79 Å². The van der Waals surface area contributed by atoms with Gasteiger partial charge in [-0.2, -0.15) is 0 Å². The van der Waals surface area contributed by atoms with Crippen LogP contribution in [0.15, 0.2) is 0 Å². The van der Waals surface area contributed by atoms with Crippen molar-refractivity contribution in [1.29, 1.82) is 0 Å². The van der Waals surface area contributed by atoms with Gasteiger partial charge in [0.2, 0.25) is 0 Å². The number of carbonyl (C=O) groups is 1. The quantitative estimate of drug-likeness (QED) is 0.504. The Labute approximate surface area is 208 Å². The van der Waals surface area contributed by atoms with Gasteiger partial charge in [-0.25, -0.2) is 19.7 Å². The van der Waals surface area contributed by atoms with Crippen molar-refractivity contribution in [2.24, 2.45) is 23.2 Å². The Bertz CT molecular complexity index is 1060. The predicted molar refractivity (Wildman–Crippen MR) is 136 cm³/mol. The van der Waals surface area contributed by atoms with Crippen LogP contribution >= 0.6 is 0 Å². The van der Waals surface area contributed by atoms with E-state index in [0.717, 1.165) is 36.0 Å². The summed E-state index contributed by atoms with van der Waals surface area (Å²) in [5, 5.41) is 6.46. The molecule has 2 atom stereocenters. The lowest BCUT2D eigenvalue weighted by Gasteiger charge is -2.32. The van der Waals surface area contributed by atoms with E-state index in [1.165, 1.54) is 44.9 Å². The second-order valence-electron chi connectivity index (χ2n) is 12.3. The topological polar surface area (TPSA) is 106 Å². The largest absolute Gasteiger partial charge is 0.427 e. The zero-order valence-corrected chi connectivity index (χ0v) is 21.9. The van der Waals surface area contributed by atoms with E-state index >= 15 is 0 Å². The Morgan fingerprint density at radius 1 is 1.11 bits per heavy atom. The molecule has 1 unspecified atom stereocenters. The summed E-state index contributed by atoms with van der Waals surface area (Å²) in [4.78, 5) is 31.4. The van der Waals surface area contributed by atoms with Crippen LogP contribution in [-0.2, 0) is 17.8 Å². The Balaban J connectivity index is 1.57. The SMILES string of the molecule is CC1CCC(Cn2c(CC(C)(C)C)nc3nc(C4NOC(=O)N4)nc(N[C@H](C)C4CCC4)c32)CC1. The molecule has 35 heavy (non-hydrogen) atoms. The smallest absolute Gasteiger partial charge is 0.365 e. The number of hydrogen-bond donors (Lipinski definition) is 3. The van der Waals surface area contributed by atoms with Gasteiger partial charge >= 0.3 is 6.09 Å².